The molecule has 5 heteroatoms. The molecule has 0 radical (unpaired) electrons. The first-order valence-electron chi connectivity index (χ1n) is 7.34. The number of rotatable bonds is 7. The third-order valence-electron chi connectivity index (χ3n) is 3.63. The van der Waals surface area contributed by atoms with Crippen LogP contribution in [0.4, 0.5) is 0 Å². The Balaban J connectivity index is 1.75. The molecular formula is C16H21ClN2O2. The molecule has 0 spiro atoms. The number of hydrogen-bond donors (Lipinski definition) is 1. The van der Waals surface area contributed by atoms with Gasteiger partial charge in [-0.1, -0.05) is 23.7 Å². The summed E-state index contributed by atoms with van der Waals surface area (Å²) < 4.78 is 0. The molecule has 1 aliphatic rings. The average Bonchev–Trinajstić information content (AvgIpc) is 3.26. The van der Waals surface area contributed by atoms with Crippen LogP contribution in [0.2, 0.25) is 5.02 Å². The molecule has 1 aromatic rings. The van der Waals surface area contributed by atoms with E-state index in [9.17, 15) is 9.59 Å². The van der Waals surface area contributed by atoms with Gasteiger partial charge in [0.2, 0.25) is 11.8 Å². The van der Waals surface area contributed by atoms with Crippen LogP contribution in [-0.4, -0.2) is 36.3 Å². The zero-order chi connectivity index (χ0) is 15.2. The zero-order valence-electron chi connectivity index (χ0n) is 12.3. The van der Waals surface area contributed by atoms with Crippen molar-refractivity contribution in [1.82, 2.24) is 10.2 Å². The fraction of sp³-hybridized carbons (Fsp3) is 0.500. The van der Waals surface area contributed by atoms with Crippen molar-refractivity contribution in [2.75, 3.05) is 19.6 Å². The van der Waals surface area contributed by atoms with Gasteiger partial charge < -0.3 is 10.2 Å². The lowest BCUT2D eigenvalue weighted by Gasteiger charge is -2.21. The van der Waals surface area contributed by atoms with Gasteiger partial charge in [0.15, 0.2) is 0 Å². The minimum atomic E-state index is 0.0256. The van der Waals surface area contributed by atoms with Crippen molar-refractivity contribution in [1.29, 1.82) is 0 Å². The minimum Gasteiger partial charge on any atom is -0.354 e. The lowest BCUT2D eigenvalue weighted by Crippen LogP contribution is -2.39. The molecule has 1 aliphatic carbocycles. The molecule has 21 heavy (non-hydrogen) atoms. The van der Waals surface area contributed by atoms with E-state index in [-0.39, 0.29) is 17.7 Å². The summed E-state index contributed by atoms with van der Waals surface area (Å²) >= 11 is 5.95. The Bertz CT molecular complexity index is 515. The molecule has 0 saturated heterocycles. The first-order chi connectivity index (χ1) is 10.1. The second-order valence-electron chi connectivity index (χ2n) is 5.45. The maximum absolute atomic E-state index is 11.6. The van der Waals surface area contributed by atoms with Crippen molar-refractivity contribution in [2.24, 2.45) is 5.92 Å². The van der Waals surface area contributed by atoms with Gasteiger partial charge in [-0.3, -0.25) is 9.59 Å². The summed E-state index contributed by atoms with van der Waals surface area (Å²) in [6, 6.07) is 7.65. The van der Waals surface area contributed by atoms with Crippen LogP contribution in [0.15, 0.2) is 24.3 Å². The molecule has 0 aliphatic heterocycles. The molecule has 0 heterocycles. The molecule has 0 unspecified atom stereocenters. The number of halogens is 1. The Hall–Kier alpha value is -1.55. The summed E-state index contributed by atoms with van der Waals surface area (Å²) in [5, 5.41) is 3.59. The predicted molar refractivity (Wildman–Crippen MR) is 83.1 cm³/mol. The molecule has 0 bridgehead atoms. The summed E-state index contributed by atoms with van der Waals surface area (Å²) in [5.41, 5.74) is 1.11. The number of benzene rings is 1. The topological polar surface area (TPSA) is 49.4 Å². The number of nitrogens with one attached hydrogen (secondary N) is 1. The fourth-order valence-electron chi connectivity index (χ4n) is 2.19. The summed E-state index contributed by atoms with van der Waals surface area (Å²) in [5.74, 6) is 0.355. The van der Waals surface area contributed by atoms with Crippen LogP contribution < -0.4 is 5.32 Å². The number of carbonyl (C=O) groups is 2. The van der Waals surface area contributed by atoms with Crippen LogP contribution in [-0.2, 0) is 16.0 Å². The van der Waals surface area contributed by atoms with E-state index in [1.54, 1.807) is 11.8 Å². The molecule has 2 amide bonds. The van der Waals surface area contributed by atoms with Crippen LogP contribution >= 0.6 is 11.6 Å². The minimum absolute atomic E-state index is 0.0256. The van der Waals surface area contributed by atoms with E-state index in [0.717, 1.165) is 24.8 Å². The van der Waals surface area contributed by atoms with E-state index in [1.807, 2.05) is 24.3 Å². The van der Waals surface area contributed by atoms with Crippen LogP contribution in [0.1, 0.15) is 25.3 Å². The van der Waals surface area contributed by atoms with Gasteiger partial charge in [0.1, 0.15) is 0 Å². The number of nitrogens with zero attached hydrogens (tertiary/aromatic N) is 1. The van der Waals surface area contributed by atoms with E-state index >= 15 is 0 Å². The van der Waals surface area contributed by atoms with Gasteiger partial charge in [-0.2, -0.15) is 0 Å². The van der Waals surface area contributed by atoms with Gasteiger partial charge in [-0.25, -0.2) is 0 Å². The van der Waals surface area contributed by atoms with Crippen molar-refractivity contribution < 1.29 is 9.59 Å². The van der Waals surface area contributed by atoms with Crippen molar-refractivity contribution >= 4 is 23.4 Å². The second-order valence-corrected chi connectivity index (χ2v) is 5.89. The van der Waals surface area contributed by atoms with Gasteiger partial charge in [0, 0.05) is 37.5 Å². The average molecular weight is 309 g/mol. The van der Waals surface area contributed by atoms with Crippen LogP contribution in [0.5, 0.6) is 0 Å². The molecule has 1 fully saturated rings. The number of amides is 2. The fourth-order valence-corrected chi connectivity index (χ4v) is 2.40. The van der Waals surface area contributed by atoms with E-state index in [0.29, 0.717) is 24.7 Å². The van der Waals surface area contributed by atoms with E-state index < -0.39 is 0 Å². The highest BCUT2D eigenvalue weighted by molar-refractivity contribution is 6.30. The molecule has 114 valence electrons. The van der Waals surface area contributed by atoms with Gasteiger partial charge in [0.25, 0.3) is 0 Å². The Kier molecular flexibility index (Phi) is 5.62. The number of hydrogen-bond acceptors (Lipinski definition) is 2. The Morgan fingerprint density at radius 1 is 1.33 bits per heavy atom. The summed E-state index contributed by atoms with van der Waals surface area (Å²) in [6.45, 7) is 3.26. The highest BCUT2D eigenvalue weighted by atomic mass is 35.5. The molecule has 1 saturated carbocycles. The first-order valence-corrected chi connectivity index (χ1v) is 7.71. The van der Waals surface area contributed by atoms with Crippen LogP contribution in [0.25, 0.3) is 0 Å². The second kappa shape index (κ2) is 7.46. The SMILES string of the molecule is CC(=O)N(CCNC(=O)C1CC1)CCc1cccc(Cl)c1. The quantitative estimate of drug-likeness (QED) is 0.840. The van der Waals surface area contributed by atoms with E-state index in [4.69, 9.17) is 11.6 Å². The Labute approximate surface area is 130 Å². The van der Waals surface area contributed by atoms with Crippen LogP contribution in [0.3, 0.4) is 0 Å². The molecule has 2 rings (SSSR count). The van der Waals surface area contributed by atoms with Crippen molar-refractivity contribution in [3.63, 3.8) is 0 Å². The molecule has 1 N–H and O–H groups in total. The zero-order valence-corrected chi connectivity index (χ0v) is 13.0. The molecule has 4 nitrogen and oxygen atoms in total. The molecule has 1 aromatic carbocycles. The highest BCUT2D eigenvalue weighted by Gasteiger charge is 2.29. The van der Waals surface area contributed by atoms with Gasteiger partial charge >= 0.3 is 0 Å². The smallest absolute Gasteiger partial charge is 0.223 e. The lowest BCUT2D eigenvalue weighted by atomic mass is 10.1. The molecular weight excluding hydrogens is 288 g/mol. The van der Waals surface area contributed by atoms with Gasteiger partial charge in [0.05, 0.1) is 0 Å². The largest absolute Gasteiger partial charge is 0.354 e. The third kappa shape index (κ3) is 5.38. The van der Waals surface area contributed by atoms with Crippen molar-refractivity contribution in [2.45, 2.75) is 26.2 Å². The summed E-state index contributed by atoms with van der Waals surface area (Å²) in [7, 11) is 0. The first kappa shape index (κ1) is 15.8. The third-order valence-corrected chi connectivity index (χ3v) is 3.87. The van der Waals surface area contributed by atoms with Crippen LogP contribution in [0, 0.1) is 5.92 Å². The molecule has 0 aromatic heterocycles. The predicted octanol–water partition coefficient (Wildman–Crippen LogP) is 2.26. The van der Waals surface area contributed by atoms with Gasteiger partial charge in [-0.15, -0.1) is 0 Å². The standard InChI is InChI=1S/C16H21ClN2O2/c1-12(20)19(10-8-18-16(21)14-5-6-14)9-7-13-3-2-4-15(17)11-13/h2-4,11,14H,5-10H2,1H3,(H,18,21). The van der Waals surface area contributed by atoms with E-state index in [1.165, 1.54) is 0 Å². The normalized spacial score (nSPS) is 13.8. The monoisotopic (exact) mass is 308 g/mol. The Morgan fingerprint density at radius 3 is 2.71 bits per heavy atom. The summed E-state index contributed by atoms with van der Waals surface area (Å²) in [4.78, 5) is 24.9. The summed E-state index contributed by atoms with van der Waals surface area (Å²) in [6.07, 6.45) is 2.75. The molecule has 0 atom stereocenters. The maximum Gasteiger partial charge on any atom is 0.223 e. The number of carbonyl (C=O) groups excluding carboxylic acids is 2. The van der Waals surface area contributed by atoms with Crippen molar-refractivity contribution in [3.05, 3.63) is 34.9 Å². The lowest BCUT2D eigenvalue weighted by molar-refractivity contribution is -0.129. The maximum atomic E-state index is 11.6. The van der Waals surface area contributed by atoms with Gasteiger partial charge in [-0.05, 0) is 37.0 Å². The van der Waals surface area contributed by atoms with Crippen molar-refractivity contribution in [3.8, 4) is 0 Å². The highest BCUT2D eigenvalue weighted by Crippen LogP contribution is 2.28. The van der Waals surface area contributed by atoms with E-state index in [2.05, 4.69) is 5.32 Å². The Morgan fingerprint density at radius 2 is 2.10 bits per heavy atom.